The van der Waals surface area contributed by atoms with Gasteiger partial charge in [-0.3, -0.25) is 4.79 Å². The fraction of sp³-hybridized carbons (Fsp3) is 0.133. The lowest BCUT2D eigenvalue weighted by atomic mass is 10.2. The third kappa shape index (κ3) is 3.22. The highest BCUT2D eigenvalue weighted by molar-refractivity contribution is 14.1. The van der Waals surface area contributed by atoms with E-state index >= 15 is 0 Å². The summed E-state index contributed by atoms with van der Waals surface area (Å²) >= 11 is 2.15. The molecule has 0 heterocycles. The number of carbonyl (C=O) groups excluding carboxylic acids is 1. The number of rotatable bonds is 3. The van der Waals surface area contributed by atoms with Gasteiger partial charge in [0.15, 0.2) is 0 Å². The first-order valence-corrected chi connectivity index (χ1v) is 7.19. The van der Waals surface area contributed by atoms with Crippen LogP contribution in [0.2, 0.25) is 0 Å². The second-order valence-corrected chi connectivity index (χ2v) is 5.76. The minimum atomic E-state index is -0.132. The van der Waals surface area contributed by atoms with Crippen LogP contribution in [0.4, 0.5) is 17.1 Å². The molecule has 2 aromatic rings. The molecule has 0 fully saturated rings. The third-order valence-corrected chi connectivity index (χ3v) is 3.83. The summed E-state index contributed by atoms with van der Waals surface area (Å²) in [7, 11) is 3.85. The number of nitrogen functional groups attached to an aromatic ring is 1. The number of carbonyl (C=O) groups is 1. The Morgan fingerprint density at radius 3 is 2.50 bits per heavy atom. The number of amides is 1. The summed E-state index contributed by atoms with van der Waals surface area (Å²) in [4.78, 5) is 14.1. The number of halogens is 1. The van der Waals surface area contributed by atoms with Gasteiger partial charge in [-0.15, -0.1) is 0 Å². The Bertz CT molecular complexity index is 641. The van der Waals surface area contributed by atoms with Gasteiger partial charge in [0.25, 0.3) is 5.91 Å². The molecule has 2 rings (SSSR count). The molecule has 3 N–H and O–H groups in total. The van der Waals surface area contributed by atoms with Crippen LogP contribution in [0.1, 0.15) is 10.4 Å². The molecule has 2 aromatic carbocycles. The van der Waals surface area contributed by atoms with Gasteiger partial charge in [0.2, 0.25) is 0 Å². The maximum absolute atomic E-state index is 12.2. The molecule has 0 unspecified atom stereocenters. The monoisotopic (exact) mass is 381 g/mol. The number of hydrogen-bond donors (Lipinski definition) is 2. The highest BCUT2D eigenvalue weighted by atomic mass is 127. The predicted molar refractivity (Wildman–Crippen MR) is 92.3 cm³/mol. The molecule has 0 aliphatic carbocycles. The highest BCUT2D eigenvalue weighted by Crippen LogP contribution is 2.25. The second kappa shape index (κ2) is 6.13. The molecular weight excluding hydrogens is 365 g/mol. The molecule has 20 heavy (non-hydrogen) atoms. The number of benzene rings is 2. The van der Waals surface area contributed by atoms with Crippen molar-refractivity contribution >= 4 is 45.6 Å². The van der Waals surface area contributed by atoms with Crippen LogP contribution in [-0.4, -0.2) is 20.0 Å². The van der Waals surface area contributed by atoms with Crippen molar-refractivity contribution in [2.45, 2.75) is 0 Å². The third-order valence-electron chi connectivity index (χ3n) is 2.89. The number of nitrogens with one attached hydrogen (secondary N) is 1. The van der Waals surface area contributed by atoms with Crippen LogP contribution in [0.3, 0.4) is 0 Å². The molecule has 0 spiro atoms. The quantitative estimate of drug-likeness (QED) is 0.634. The molecule has 0 saturated heterocycles. The van der Waals surface area contributed by atoms with Crippen LogP contribution in [0.15, 0.2) is 42.5 Å². The van der Waals surface area contributed by atoms with Gasteiger partial charge >= 0.3 is 0 Å². The first-order valence-electron chi connectivity index (χ1n) is 6.12. The van der Waals surface area contributed by atoms with Crippen molar-refractivity contribution in [3.63, 3.8) is 0 Å². The zero-order chi connectivity index (χ0) is 14.7. The van der Waals surface area contributed by atoms with Crippen molar-refractivity contribution in [3.8, 4) is 0 Å². The van der Waals surface area contributed by atoms with E-state index in [0.717, 1.165) is 9.26 Å². The zero-order valence-electron chi connectivity index (χ0n) is 11.4. The van der Waals surface area contributed by atoms with Gasteiger partial charge in [0.1, 0.15) is 0 Å². The fourth-order valence-electron chi connectivity index (χ4n) is 1.88. The lowest BCUT2D eigenvalue weighted by molar-refractivity contribution is 0.102. The van der Waals surface area contributed by atoms with Crippen LogP contribution in [0.25, 0.3) is 0 Å². The standard InChI is InChI=1S/C15H16IN3O/c1-19(2)14-8-7-10(9-13(14)17)18-15(20)11-5-3-4-6-12(11)16/h3-9H,17H2,1-2H3,(H,18,20). The van der Waals surface area contributed by atoms with E-state index in [2.05, 4.69) is 27.9 Å². The van der Waals surface area contributed by atoms with Crippen molar-refractivity contribution < 1.29 is 4.79 Å². The van der Waals surface area contributed by atoms with E-state index in [1.54, 1.807) is 12.1 Å². The van der Waals surface area contributed by atoms with Crippen LogP contribution in [-0.2, 0) is 0 Å². The predicted octanol–water partition coefficient (Wildman–Crippen LogP) is 3.19. The minimum absolute atomic E-state index is 0.132. The Morgan fingerprint density at radius 1 is 1.20 bits per heavy atom. The Labute approximate surface area is 132 Å². The van der Waals surface area contributed by atoms with Crippen molar-refractivity contribution in [3.05, 3.63) is 51.6 Å². The molecule has 0 aliphatic rings. The van der Waals surface area contributed by atoms with E-state index < -0.39 is 0 Å². The van der Waals surface area contributed by atoms with Crippen molar-refractivity contribution in [1.29, 1.82) is 0 Å². The molecule has 0 aromatic heterocycles. The van der Waals surface area contributed by atoms with Crippen LogP contribution in [0.5, 0.6) is 0 Å². The van der Waals surface area contributed by atoms with Crippen LogP contribution >= 0.6 is 22.6 Å². The first kappa shape index (κ1) is 14.6. The van der Waals surface area contributed by atoms with E-state index in [-0.39, 0.29) is 5.91 Å². The number of hydrogen-bond acceptors (Lipinski definition) is 3. The van der Waals surface area contributed by atoms with Gasteiger partial charge in [0.05, 0.1) is 16.9 Å². The van der Waals surface area contributed by atoms with E-state index in [0.29, 0.717) is 16.9 Å². The van der Waals surface area contributed by atoms with Gasteiger partial charge in [-0.1, -0.05) is 12.1 Å². The van der Waals surface area contributed by atoms with Crippen LogP contribution < -0.4 is 16.0 Å². The highest BCUT2D eigenvalue weighted by Gasteiger charge is 2.10. The van der Waals surface area contributed by atoms with Gasteiger partial charge in [-0.05, 0) is 52.9 Å². The number of nitrogens with zero attached hydrogens (tertiary/aromatic N) is 1. The second-order valence-electron chi connectivity index (χ2n) is 4.60. The van der Waals surface area contributed by atoms with Gasteiger partial charge in [-0.25, -0.2) is 0 Å². The van der Waals surface area contributed by atoms with Crippen molar-refractivity contribution in [2.75, 3.05) is 30.0 Å². The van der Waals surface area contributed by atoms with E-state index in [4.69, 9.17) is 5.73 Å². The molecule has 5 heteroatoms. The summed E-state index contributed by atoms with van der Waals surface area (Å²) in [5, 5.41) is 2.86. The average Bonchev–Trinajstić information content (AvgIpc) is 2.38. The summed E-state index contributed by atoms with van der Waals surface area (Å²) < 4.78 is 0.917. The van der Waals surface area contributed by atoms with Crippen molar-refractivity contribution in [1.82, 2.24) is 0 Å². The summed E-state index contributed by atoms with van der Waals surface area (Å²) in [5.74, 6) is -0.132. The SMILES string of the molecule is CN(C)c1ccc(NC(=O)c2ccccc2I)cc1N. The summed E-state index contributed by atoms with van der Waals surface area (Å²) in [6.07, 6.45) is 0. The molecule has 0 atom stereocenters. The molecule has 1 amide bonds. The Balaban J connectivity index is 2.21. The topological polar surface area (TPSA) is 58.4 Å². The number of nitrogens with two attached hydrogens (primary N) is 1. The normalized spacial score (nSPS) is 10.2. The lowest BCUT2D eigenvalue weighted by Gasteiger charge is -2.16. The Kier molecular flexibility index (Phi) is 4.49. The van der Waals surface area contributed by atoms with E-state index in [1.807, 2.05) is 49.3 Å². The lowest BCUT2D eigenvalue weighted by Crippen LogP contribution is -2.15. The molecule has 4 nitrogen and oxygen atoms in total. The molecule has 0 aliphatic heterocycles. The zero-order valence-corrected chi connectivity index (χ0v) is 13.5. The largest absolute Gasteiger partial charge is 0.397 e. The molecular formula is C15H16IN3O. The van der Waals surface area contributed by atoms with Gasteiger partial charge in [0, 0.05) is 23.4 Å². The van der Waals surface area contributed by atoms with Crippen molar-refractivity contribution in [2.24, 2.45) is 0 Å². The summed E-state index contributed by atoms with van der Waals surface area (Å²) in [5.41, 5.74) is 8.88. The van der Waals surface area contributed by atoms with E-state index in [1.165, 1.54) is 0 Å². The average molecular weight is 381 g/mol. The molecule has 104 valence electrons. The smallest absolute Gasteiger partial charge is 0.256 e. The summed E-state index contributed by atoms with van der Waals surface area (Å²) in [6, 6.07) is 13.0. The van der Waals surface area contributed by atoms with Gasteiger partial charge in [-0.2, -0.15) is 0 Å². The maximum atomic E-state index is 12.2. The minimum Gasteiger partial charge on any atom is -0.397 e. The van der Waals surface area contributed by atoms with Gasteiger partial charge < -0.3 is 16.0 Å². The molecule has 0 saturated carbocycles. The first-order chi connectivity index (χ1) is 9.49. The Morgan fingerprint density at radius 2 is 1.90 bits per heavy atom. The van der Waals surface area contributed by atoms with Crippen LogP contribution in [0, 0.1) is 3.57 Å². The molecule has 0 radical (unpaired) electrons. The fourth-order valence-corrected chi connectivity index (χ4v) is 2.52. The van der Waals surface area contributed by atoms with E-state index in [9.17, 15) is 4.79 Å². The summed E-state index contributed by atoms with van der Waals surface area (Å²) in [6.45, 7) is 0. The maximum Gasteiger partial charge on any atom is 0.256 e. The molecule has 0 bridgehead atoms. The number of anilines is 3. The Hall–Kier alpha value is -1.76.